The Kier molecular flexibility index (Phi) is 4.70. The van der Waals surface area contributed by atoms with E-state index in [1.54, 1.807) is 18.2 Å². The van der Waals surface area contributed by atoms with Gasteiger partial charge in [-0.15, -0.1) is 0 Å². The van der Waals surface area contributed by atoms with Crippen molar-refractivity contribution < 1.29 is 9.18 Å². The van der Waals surface area contributed by atoms with E-state index in [0.717, 1.165) is 16.8 Å². The third kappa shape index (κ3) is 3.80. The third-order valence-electron chi connectivity index (χ3n) is 3.89. The number of para-hydroxylation sites is 1. The van der Waals surface area contributed by atoms with Crippen LogP contribution < -0.4 is 10.6 Å². The molecule has 1 aromatic heterocycles. The maximum Gasteiger partial charge on any atom is 0.258 e. The summed E-state index contributed by atoms with van der Waals surface area (Å²) in [5, 5.41) is 5.62. The van der Waals surface area contributed by atoms with Crippen molar-refractivity contribution in [1.82, 2.24) is 9.97 Å². The van der Waals surface area contributed by atoms with E-state index in [2.05, 4.69) is 20.6 Å². The lowest BCUT2D eigenvalue weighted by molar-refractivity contribution is 0.102. The van der Waals surface area contributed by atoms with Crippen LogP contribution >= 0.6 is 0 Å². The van der Waals surface area contributed by atoms with Gasteiger partial charge in [0, 0.05) is 18.1 Å². The number of nitrogens with one attached hydrogen (secondary N) is 2. The van der Waals surface area contributed by atoms with Gasteiger partial charge in [-0.3, -0.25) is 4.79 Å². The highest BCUT2D eigenvalue weighted by atomic mass is 19.1. The van der Waals surface area contributed by atoms with Crippen LogP contribution in [0.3, 0.4) is 0 Å². The molecule has 0 aliphatic carbocycles. The van der Waals surface area contributed by atoms with Crippen LogP contribution in [0.1, 0.15) is 21.5 Å². The van der Waals surface area contributed by atoms with Crippen LogP contribution in [-0.2, 0) is 0 Å². The Morgan fingerprint density at radius 3 is 2.36 bits per heavy atom. The summed E-state index contributed by atoms with van der Waals surface area (Å²) in [7, 11) is 0. The van der Waals surface area contributed by atoms with Crippen LogP contribution in [0.25, 0.3) is 0 Å². The number of rotatable bonds is 4. The average molecular weight is 336 g/mol. The zero-order valence-electron chi connectivity index (χ0n) is 13.9. The van der Waals surface area contributed by atoms with Crippen LogP contribution in [0.5, 0.6) is 0 Å². The second-order valence-electron chi connectivity index (χ2n) is 5.60. The number of carbonyl (C=O) groups is 1. The van der Waals surface area contributed by atoms with E-state index in [9.17, 15) is 9.18 Å². The molecular weight excluding hydrogens is 319 g/mol. The lowest BCUT2D eigenvalue weighted by Gasteiger charge is -2.10. The number of benzene rings is 2. The number of halogens is 1. The molecule has 3 rings (SSSR count). The van der Waals surface area contributed by atoms with E-state index in [1.807, 2.05) is 32.0 Å². The van der Waals surface area contributed by atoms with E-state index >= 15 is 0 Å². The minimum absolute atomic E-state index is 0.216. The molecule has 0 atom stereocenters. The molecule has 0 spiro atoms. The summed E-state index contributed by atoms with van der Waals surface area (Å²) >= 11 is 0. The average Bonchev–Trinajstić information content (AvgIpc) is 2.61. The second kappa shape index (κ2) is 7.09. The fourth-order valence-corrected chi connectivity index (χ4v) is 2.27. The number of nitrogens with zero attached hydrogens (tertiary/aromatic N) is 2. The summed E-state index contributed by atoms with van der Waals surface area (Å²) in [6.07, 6.45) is 2.80. The van der Waals surface area contributed by atoms with Crippen LogP contribution in [0.15, 0.2) is 54.9 Å². The highest BCUT2D eigenvalue weighted by molar-refractivity contribution is 6.04. The molecule has 126 valence electrons. The molecule has 0 bridgehead atoms. The van der Waals surface area contributed by atoms with Gasteiger partial charge in [-0.05, 0) is 43.2 Å². The van der Waals surface area contributed by atoms with E-state index in [1.165, 1.54) is 18.5 Å². The highest BCUT2D eigenvalue weighted by Gasteiger charge is 2.10. The molecular formula is C19H17FN4O. The lowest BCUT2D eigenvalue weighted by atomic mass is 10.1. The Morgan fingerprint density at radius 2 is 1.64 bits per heavy atom. The van der Waals surface area contributed by atoms with Crippen LogP contribution in [0.4, 0.5) is 21.7 Å². The van der Waals surface area contributed by atoms with Crippen molar-refractivity contribution in [3.8, 4) is 0 Å². The fourth-order valence-electron chi connectivity index (χ4n) is 2.27. The quantitative estimate of drug-likeness (QED) is 0.748. The first-order chi connectivity index (χ1) is 12.0. The minimum Gasteiger partial charge on any atom is -0.322 e. The molecule has 0 saturated heterocycles. The zero-order valence-corrected chi connectivity index (χ0v) is 13.9. The Hall–Kier alpha value is -3.28. The van der Waals surface area contributed by atoms with E-state index in [-0.39, 0.29) is 17.5 Å². The summed E-state index contributed by atoms with van der Waals surface area (Å²) in [6, 6.07) is 11.9. The largest absolute Gasteiger partial charge is 0.322 e. The van der Waals surface area contributed by atoms with Crippen molar-refractivity contribution >= 4 is 23.2 Å². The molecule has 6 heteroatoms. The SMILES string of the molecule is Cc1cccc(NC(=O)c2cnc(Nc3ccccc3F)nc2)c1C. The summed E-state index contributed by atoms with van der Waals surface area (Å²) < 4.78 is 13.6. The van der Waals surface area contributed by atoms with Crippen LogP contribution in [0.2, 0.25) is 0 Å². The molecule has 0 aliphatic rings. The van der Waals surface area contributed by atoms with Crippen molar-refractivity contribution in [2.75, 3.05) is 10.6 Å². The van der Waals surface area contributed by atoms with Gasteiger partial charge in [-0.25, -0.2) is 14.4 Å². The van der Waals surface area contributed by atoms with Gasteiger partial charge in [0.15, 0.2) is 0 Å². The number of anilines is 3. The molecule has 0 unspecified atom stereocenters. The highest BCUT2D eigenvalue weighted by Crippen LogP contribution is 2.19. The van der Waals surface area contributed by atoms with Gasteiger partial charge in [0.25, 0.3) is 5.91 Å². The summed E-state index contributed by atoms with van der Waals surface area (Å²) in [4.78, 5) is 20.5. The predicted octanol–water partition coefficient (Wildman–Crippen LogP) is 4.23. The van der Waals surface area contributed by atoms with Gasteiger partial charge in [0.2, 0.25) is 5.95 Å². The standard InChI is InChI=1S/C19H17FN4O/c1-12-6-5-9-16(13(12)2)23-18(25)14-10-21-19(22-11-14)24-17-8-4-3-7-15(17)20/h3-11H,1-2H3,(H,23,25)(H,21,22,24). The first-order valence-electron chi connectivity index (χ1n) is 7.76. The van der Waals surface area contributed by atoms with Gasteiger partial charge in [-0.1, -0.05) is 24.3 Å². The first kappa shape index (κ1) is 16.6. The first-order valence-corrected chi connectivity index (χ1v) is 7.76. The molecule has 3 aromatic rings. The Morgan fingerprint density at radius 1 is 0.960 bits per heavy atom. The molecule has 2 aromatic carbocycles. The number of hydrogen-bond acceptors (Lipinski definition) is 4. The molecule has 0 fully saturated rings. The van der Waals surface area contributed by atoms with Gasteiger partial charge in [-0.2, -0.15) is 0 Å². The van der Waals surface area contributed by atoms with Gasteiger partial charge in [0.05, 0.1) is 11.3 Å². The molecule has 1 heterocycles. The topological polar surface area (TPSA) is 66.9 Å². The number of amides is 1. The van der Waals surface area contributed by atoms with Gasteiger partial charge < -0.3 is 10.6 Å². The third-order valence-corrected chi connectivity index (χ3v) is 3.89. The Bertz CT molecular complexity index is 910. The lowest BCUT2D eigenvalue weighted by Crippen LogP contribution is -2.14. The maximum absolute atomic E-state index is 13.6. The van der Waals surface area contributed by atoms with Crippen molar-refractivity contribution in [2.45, 2.75) is 13.8 Å². The van der Waals surface area contributed by atoms with Crippen molar-refractivity contribution in [3.63, 3.8) is 0 Å². The monoisotopic (exact) mass is 336 g/mol. The number of hydrogen-bond donors (Lipinski definition) is 2. The molecule has 0 aliphatic heterocycles. The van der Waals surface area contributed by atoms with Crippen LogP contribution in [-0.4, -0.2) is 15.9 Å². The molecule has 1 amide bonds. The molecule has 5 nitrogen and oxygen atoms in total. The minimum atomic E-state index is -0.400. The van der Waals surface area contributed by atoms with Crippen molar-refractivity contribution in [3.05, 3.63) is 77.4 Å². The van der Waals surface area contributed by atoms with Crippen molar-refractivity contribution in [2.24, 2.45) is 0 Å². The molecule has 25 heavy (non-hydrogen) atoms. The van der Waals surface area contributed by atoms with E-state index < -0.39 is 5.82 Å². The maximum atomic E-state index is 13.6. The number of aryl methyl sites for hydroxylation is 1. The summed E-state index contributed by atoms with van der Waals surface area (Å²) in [5.74, 6) is -0.484. The van der Waals surface area contributed by atoms with Crippen molar-refractivity contribution in [1.29, 1.82) is 0 Å². The molecule has 0 radical (unpaired) electrons. The normalized spacial score (nSPS) is 10.4. The van der Waals surface area contributed by atoms with E-state index in [0.29, 0.717) is 5.56 Å². The smallest absolute Gasteiger partial charge is 0.258 e. The fraction of sp³-hybridized carbons (Fsp3) is 0.105. The Balaban J connectivity index is 1.72. The number of aromatic nitrogens is 2. The Labute approximate surface area is 145 Å². The second-order valence-corrected chi connectivity index (χ2v) is 5.60. The predicted molar refractivity (Wildman–Crippen MR) is 95.6 cm³/mol. The summed E-state index contributed by atoms with van der Waals surface area (Å²) in [6.45, 7) is 3.93. The summed E-state index contributed by atoms with van der Waals surface area (Å²) in [5.41, 5.74) is 3.45. The van der Waals surface area contributed by atoms with Crippen LogP contribution in [0, 0.1) is 19.7 Å². The zero-order chi connectivity index (χ0) is 17.8. The molecule has 2 N–H and O–H groups in total. The van der Waals surface area contributed by atoms with Gasteiger partial charge in [0.1, 0.15) is 5.82 Å². The van der Waals surface area contributed by atoms with E-state index in [4.69, 9.17) is 0 Å². The van der Waals surface area contributed by atoms with Gasteiger partial charge >= 0.3 is 0 Å². The number of carbonyl (C=O) groups excluding carboxylic acids is 1. The molecule has 0 saturated carbocycles.